The number of carbonyl (C=O) groups excluding carboxylic acids is 1. The summed E-state index contributed by atoms with van der Waals surface area (Å²) >= 11 is 0. The van der Waals surface area contributed by atoms with Crippen molar-refractivity contribution in [1.29, 1.82) is 0 Å². The van der Waals surface area contributed by atoms with Crippen LogP contribution in [-0.2, 0) is 9.53 Å². The highest BCUT2D eigenvalue weighted by atomic mass is 19.4. The molecule has 4 nitrogen and oxygen atoms in total. The number of carboxylic acid groups (broad SMARTS) is 1. The van der Waals surface area contributed by atoms with E-state index in [0.29, 0.717) is 23.6 Å². The van der Waals surface area contributed by atoms with Gasteiger partial charge >= 0.3 is 12.3 Å². The van der Waals surface area contributed by atoms with Crippen LogP contribution < -0.4 is 9.84 Å². The lowest BCUT2D eigenvalue weighted by molar-refractivity contribution is -0.312. The van der Waals surface area contributed by atoms with E-state index < -0.39 is 41.8 Å². The number of carboxylic acids is 1. The fourth-order valence-corrected chi connectivity index (χ4v) is 3.63. The van der Waals surface area contributed by atoms with Crippen LogP contribution in [0.2, 0.25) is 0 Å². The van der Waals surface area contributed by atoms with E-state index in [2.05, 4.69) is 4.74 Å². The van der Waals surface area contributed by atoms with Crippen LogP contribution in [0.5, 0.6) is 5.75 Å². The van der Waals surface area contributed by atoms with Gasteiger partial charge in [0, 0.05) is 19.7 Å². The van der Waals surface area contributed by atoms with Crippen molar-refractivity contribution >= 4 is 5.97 Å². The standard InChI is InChI=1S/C15H8F8O.C9H16O3/c16-10-6-9(8-4-2-1-3-5-8)7-11(17)12(10)24-15(22,23)13(18)14(19,20)21;1-12-6-7-2-4-8(5-3-7)9(10)11/h1-7,13H;7-8H,2-6H2,1H3,(H,10,11)/p-1. The Labute approximate surface area is 201 Å². The molecule has 0 aromatic heterocycles. The van der Waals surface area contributed by atoms with Gasteiger partial charge < -0.3 is 19.4 Å². The van der Waals surface area contributed by atoms with Gasteiger partial charge in [-0.05, 0) is 60.8 Å². The number of aliphatic carboxylic acids is 1. The van der Waals surface area contributed by atoms with Gasteiger partial charge in [-0.15, -0.1) is 0 Å². The van der Waals surface area contributed by atoms with Crippen molar-refractivity contribution < 1.29 is 54.5 Å². The van der Waals surface area contributed by atoms with Crippen molar-refractivity contribution in [3.8, 4) is 16.9 Å². The second kappa shape index (κ2) is 12.4. The topological polar surface area (TPSA) is 58.6 Å². The molecule has 36 heavy (non-hydrogen) atoms. The predicted molar refractivity (Wildman–Crippen MR) is 111 cm³/mol. The van der Waals surface area contributed by atoms with Gasteiger partial charge in [0.05, 0.1) is 0 Å². The first kappa shape index (κ1) is 29.3. The Kier molecular flexibility index (Phi) is 10.1. The van der Waals surface area contributed by atoms with Crippen molar-refractivity contribution in [2.24, 2.45) is 11.8 Å². The zero-order valence-corrected chi connectivity index (χ0v) is 19.0. The van der Waals surface area contributed by atoms with E-state index >= 15 is 0 Å². The molecule has 2 aromatic rings. The molecule has 200 valence electrons. The summed E-state index contributed by atoms with van der Waals surface area (Å²) < 4.78 is 111. The van der Waals surface area contributed by atoms with Crippen LogP contribution in [0.3, 0.4) is 0 Å². The van der Waals surface area contributed by atoms with E-state index in [4.69, 9.17) is 4.74 Å². The van der Waals surface area contributed by atoms with Crippen molar-refractivity contribution in [3.05, 3.63) is 54.1 Å². The summed E-state index contributed by atoms with van der Waals surface area (Å²) in [7, 11) is 1.69. The molecule has 1 atom stereocenters. The molecule has 0 spiro atoms. The van der Waals surface area contributed by atoms with Gasteiger partial charge in [0.15, 0.2) is 17.4 Å². The van der Waals surface area contributed by atoms with Gasteiger partial charge in [0.25, 0.3) is 6.17 Å². The summed E-state index contributed by atoms with van der Waals surface area (Å²) in [5.74, 6) is -5.72. The highest BCUT2D eigenvalue weighted by Crippen LogP contribution is 2.39. The SMILES string of the molecule is COCC1CCC(C(=O)[O-])CC1.Fc1cc(-c2ccccc2)cc(F)c1OC(F)(F)C(F)C(F)(F)F. The van der Waals surface area contributed by atoms with Crippen molar-refractivity contribution in [2.45, 2.75) is 44.1 Å². The zero-order valence-electron chi connectivity index (χ0n) is 19.0. The molecule has 0 bridgehead atoms. The van der Waals surface area contributed by atoms with Gasteiger partial charge in [-0.1, -0.05) is 30.3 Å². The highest BCUT2D eigenvalue weighted by Gasteiger charge is 2.59. The van der Waals surface area contributed by atoms with E-state index in [0.717, 1.165) is 32.3 Å². The number of ether oxygens (including phenoxy) is 2. The highest BCUT2D eigenvalue weighted by molar-refractivity contribution is 5.67. The number of rotatable bonds is 7. The third kappa shape index (κ3) is 8.07. The first-order chi connectivity index (χ1) is 16.8. The van der Waals surface area contributed by atoms with Crippen LogP contribution >= 0.6 is 0 Å². The molecule has 1 saturated carbocycles. The Morgan fingerprint density at radius 3 is 1.94 bits per heavy atom. The number of hydrogen-bond acceptors (Lipinski definition) is 4. The number of alkyl halides is 6. The average molecular weight is 527 g/mol. The molecule has 0 radical (unpaired) electrons. The fourth-order valence-electron chi connectivity index (χ4n) is 3.63. The van der Waals surface area contributed by atoms with Crippen LogP contribution in [0, 0.1) is 23.5 Å². The molecule has 1 aliphatic carbocycles. The van der Waals surface area contributed by atoms with Crippen LogP contribution in [0.15, 0.2) is 42.5 Å². The van der Waals surface area contributed by atoms with Gasteiger partial charge in [-0.3, -0.25) is 0 Å². The van der Waals surface area contributed by atoms with Crippen LogP contribution in [-0.4, -0.2) is 38.1 Å². The maximum absolute atomic E-state index is 13.8. The summed E-state index contributed by atoms with van der Waals surface area (Å²) in [6, 6.07) is 8.80. The maximum Gasteiger partial charge on any atom is 0.439 e. The number of halogens is 8. The third-order valence-electron chi connectivity index (χ3n) is 5.51. The average Bonchev–Trinajstić information content (AvgIpc) is 2.82. The summed E-state index contributed by atoms with van der Waals surface area (Å²) in [6.45, 7) is 0.764. The van der Waals surface area contributed by atoms with Gasteiger partial charge in [-0.2, -0.15) is 22.0 Å². The van der Waals surface area contributed by atoms with Crippen LogP contribution in [0.1, 0.15) is 25.7 Å². The molecule has 0 aliphatic heterocycles. The van der Waals surface area contributed by atoms with Crippen molar-refractivity contribution in [1.82, 2.24) is 0 Å². The van der Waals surface area contributed by atoms with Crippen molar-refractivity contribution in [2.75, 3.05) is 13.7 Å². The van der Waals surface area contributed by atoms with Gasteiger partial charge in [0.2, 0.25) is 0 Å². The van der Waals surface area contributed by atoms with Gasteiger partial charge in [0.1, 0.15) is 0 Å². The summed E-state index contributed by atoms with van der Waals surface area (Å²) in [6.07, 6.45) is -12.7. The summed E-state index contributed by atoms with van der Waals surface area (Å²) in [4.78, 5) is 10.5. The quantitative estimate of drug-likeness (QED) is 0.434. The normalized spacial score (nSPS) is 19.1. The Balaban J connectivity index is 0.000000319. The molecular formula is C24H23F8O4-. The van der Waals surface area contributed by atoms with Gasteiger partial charge in [-0.25, -0.2) is 13.2 Å². The zero-order chi connectivity index (χ0) is 27.1. The molecule has 1 fully saturated rings. The first-order valence-corrected chi connectivity index (χ1v) is 10.8. The van der Waals surface area contributed by atoms with E-state index in [1.165, 1.54) is 12.1 Å². The summed E-state index contributed by atoms with van der Waals surface area (Å²) in [5.41, 5.74) is 0.265. The smallest absolute Gasteiger partial charge is 0.439 e. The first-order valence-electron chi connectivity index (χ1n) is 10.8. The molecule has 0 amide bonds. The Bertz CT molecular complexity index is 966. The van der Waals surface area contributed by atoms with E-state index in [9.17, 15) is 45.0 Å². The lowest BCUT2D eigenvalue weighted by Gasteiger charge is -2.28. The molecule has 0 saturated heterocycles. The largest absolute Gasteiger partial charge is 0.550 e. The lowest BCUT2D eigenvalue weighted by Crippen LogP contribution is -2.46. The Hall–Kier alpha value is -2.89. The minimum atomic E-state index is -5.96. The second-order valence-corrected chi connectivity index (χ2v) is 8.20. The maximum atomic E-state index is 13.8. The summed E-state index contributed by atoms with van der Waals surface area (Å²) in [5, 5.41) is 10.5. The van der Waals surface area contributed by atoms with Crippen LogP contribution in [0.25, 0.3) is 11.1 Å². The molecule has 1 unspecified atom stereocenters. The number of benzene rings is 2. The third-order valence-corrected chi connectivity index (χ3v) is 5.51. The molecular weight excluding hydrogens is 504 g/mol. The molecule has 2 aromatic carbocycles. The van der Waals surface area contributed by atoms with Crippen molar-refractivity contribution in [3.63, 3.8) is 0 Å². The predicted octanol–water partition coefficient (Wildman–Crippen LogP) is 5.69. The number of hydrogen-bond donors (Lipinski definition) is 0. The van der Waals surface area contributed by atoms with Crippen LogP contribution in [0.4, 0.5) is 35.1 Å². The van der Waals surface area contributed by atoms with E-state index in [1.807, 2.05) is 0 Å². The Morgan fingerprint density at radius 2 is 1.50 bits per heavy atom. The van der Waals surface area contributed by atoms with E-state index in [1.54, 1.807) is 25.3 Å². The molecule has 1 aliphatic rings. The fraction of sp³-hybridized carbons (Fsp3) is 0.458. The lowest BCUT2D eigenvalue weighted by atomic mass is 9.82. The monoisotopic (exact) mass is 527 g/mol. The molecule has 0 N–H and O–H groups in total. The molecule has 0 heterocycles. The molecule has 12 heteroatoms. The Morgan fingerprint density at radius 1 is 0.972 bits per heavy atom. The number of methoxy groups -OCH3 is 1. The van der Waals surface area contributed by atoms with E-state index in [-0.39, 0.29) is 11.5 Å². The second-order valence-electron chi connectivity index (χ2n) is 8.20. The minimum Gasteiger partial charge on any atom is -0.550 e. The number of carbonyl (C=O) groups is 1. The molecule has 3 rings (SSSR count). The minimum absolute atomic E-state index is 0.0612.